The van der Waals surface area contributed by atoms with Gasteiger partial charge in [0.25, 0.3) is 0 Å². The molecule has 0 aromatic carbocycles. The van der Waals surface area contributed by atoms with E-state index in [1.165, 1.54) is 63.5 Å². The van der Waals surface area contributed by atoms with Gasteiger partial charge in [-0.15, -0.1) is 0 Å². The molecule has 4 fully saturated rings. The monoisotopic (exact) mass is 329 g/mol. The van der Waals surface area contributed by atoms with Crippen molar-refractivity contribution in [3.63, 3.8) is 0 Å². The molecule has 7 atom stereocenters. The predicted octanol–water partition coefficient (Wildman–Crippen LogP) is 6.52. The van der Waals surface area contributed by atoms with Crippen LogP contribution in [0.2, 0.25) is 0 Å². The summed E-state index contributed by atoms with van der Waals surface area (Å²) in [6.45, 7) is 10.8. The Bertz CT molecular complexity index is 508. The van der Waals surface area contributed by atoms with Crippen LogP contribution in [0.15, 0.2) is 4.99 Å². The highest BCUT2D eigenvalue weighted by atomic mass is 14.8. The Labute approximate surface area is 150 Å². The molecule has 0 heterocycles. The van der Waals surface area contributed by atoms with Gasteiger partial charge in [-0.05, 0) is 99.7 Å². The lowest BCUT2D eigenvalue weighted by Gasteiger charge is -2.60. The van der Waals surface area contributed by atoms with Gasteiger partial charge in [0.2, 0.25) is 0 Å². The third-order valence-corrected chi connectivity index (χ3v) is 9.50. The van der Waals surface area contributed by atoms with Crippen LogP contribution < -0.4 is 0 Å². The van der Waals surface area contributed by atoms with E-state index in [1.54, 1.807) is 6.42 Å². The van der Waals surface area contributed by atoms with Gasteiger partial charge in [0, 0.05) is 18.2 Å². The van der Waals surface area contributed by atoms with Gasteiger partial charge in [0.05, 0.1) is 0 Å². The highest BCUT2D eigenvalue weighted by molar-refractivity contribution is 5.85. The minimum atomic E-state index is 0.557. The maximum atomic E-state index is 4.84. The van der Waals surface area contributed by atoms with Crippen molar-refractivity contribution < 1.29 is 0 Å². The summed E-state index contributed by atoms with van der Waals surface area (Å²) in [6, 6.07) is 0. The van der Waals surface area contributed by atoms with Crippen LogP contribution in [-0.4, -0.2) is 12.3 Å². The fraction of sp³-hybridized carbons (Fsp3) is 0.957. The zero-order valence-electron chi connectivity index (χ0n) is 16.6. The predicted molar refractivity (Wildman–Crippen MR) is 103 cm³/mol. The zero-order chi connectivity index (χ0) is 16.9. The molecule has 4 aliphatic carbocycles. The molecule has 0 saturated heterocycles. The third-order valence-electron chi connectivity index (χ3n) is 9.50. The standard InChI is InChI=1S/C23H39N/c1-5-24-16(2)19-11-12-20-18-10-9-17-8-6-7-14-22(17,3)21(18)13-15-23(19,20)4/h17-21H,5-15H2,1-4H3. The minimum absolute atomic E-state index is 0.557. The van der Waals surface area contributed by atoms with Crippen LogP contribution >= 0.6 is 0 Å². The van der Waals surface area contributed by atoms with Gasteiger partial charge in [-0.25, -0.2) is 0 Å². The Morgan fingerprint density at radius 3 is 2.46 bits per heavy atom. The highest BCUT2D eigenvalue weighted by Crippen LogP contribution is 2.67. The van der Waals surface area contributed by atoms with E-state index < -0.39 is 0 Å². The van der Waals surface area contributed by atoms with E-state index in [-0.39, 0.29) is 0 Å². The van der Waals surface area contributed by atoms with Crippen molar-refractivity contribution in [2.45, 2.75) is 91.9 Å². The van der Waals surface area contributed by atoms with Crippen molar-refractivity contribution in [1.29, 1.82) is 0 Å². The van der Waals surface area contributed by atoms with Gasteiger partial charge in [-0.1, -0.05) is 26.7 Å². The molecule has 1 heteroatoms. The third kappa shape index (κ3) is 2.36. The zero-order valence-corrected chi connectivity index (χ0v) is 16.6. The van der Waals surface area contributed by atoms with E-state index in [1.807, 2.05) is 0 Å². The average molecular weight is 330 g/mol. The van der Waals surface area contributed by atoms with Crippen molar-refractivity contribution in [3.05, 3.63) is 0 Å². The summed E-state index contributed by atoms with van der Waals surface area (Å²) < 4.78 is 0. The number of rotatable bonds is 2. The Balaban J connectivity index is 1.60. The van der Waals surface area contributed by atoms with Gasteiger partial charge in [-0.3, -0.25) is 4.99 Å². The second kappa shape index (κ2) is 6.13. The minimum Gasteiger partial charge on any atom is -0.294 e. The van der Waals surface area contributed by atoms with E-state index in [0.29, 0.717) is 10.8 Å². The lowest BCUT2D eigenvalue weighted by Crippen LogP contribution is -2.53. The Hall–Kier alpha value is -0.330. The van der Waals surface area contributed by atoms with Crippen LogP contribution in [0.4, 0.5) is 0 Å². The second-order valence-electron chi connectivity index (χ2n) is 10.2. The SMILES string of the molecule is CCN=C(C)C1CCC2C3CCC4CCCCC4(C)C3CCC12C. The first-order valence-electron chi connectivity index (χ1n) is 11.0. The summed E-state index contributed by atoms with van der Waals surface area (Å²) in [4.78, 5) is 4.84. The molecule has 0 N–H and O–H groups in total. The van der Waals surface area contributed by atoms with Gasteiger partial charge in [-0.2, -0.15) is 0 Å². The molecule has 0 aliphatic heterocycles. The van der Waals surface area contributed by atoms with E-state index in [2.05, 4.69) is 27.7 Å². The normalized spacial score (nSPS) is 51.7. The summed E-state index contributed by atoms with van der Waals surface area (Å²) in [5, 5.41) is 0. The summed E-state index contributed by atoms with van der Waals surface area (Å²) in [5.74, 6) is 4.89. The van der Waals surface area contributed by atoms with Crippen molar-refractivity contribution in [3.8, 4) is 0 Å². The molecule has 24 heavy (non-hydrogen) atoms. The Morgan fingerprint density at radius 2 is 1.67 bits per heavy atom. The molecule has 0 spiro atoms. The molecule has 0 bridgehead atoms. The molecule has 7 unspecified atom stereocenters. The number of nitrogens with zero attached hydrogens (tertiary/aromatic N) is 1. The maximum Gasteiger partial charge on any atom is 0.0360 e. The van der Waals surface area contributed by atoms with Crippen molar-refractivity contribution in [1.82, 2.24) is 0 Å². The first-order chi connectivity index (χ1) is 11.5. The van der Waals surface area contributed by atoms with Crippen molar-refractivity contribution in [2.75, 3.05) is 6.54 Å². The lowest BCUT2D eigenvalue weighted by molar-refractivity contribution is -0.106. The summed E-state index contributed by atoms with van der Waals surface area (Å²) in [5.41, 5.74) is 2.72. The number of hydrogen-bond acceptors (Lipinski definition) is 1. The van der Waals surface area contributed by atoms with Crippen molar-refractivity contribution in [2.24, 2.45) is 45.4 Å². The molecule has 4 aliphatic rings. The van der Waals surface area contributed by atoms with Crippen LogP contribution in [0.1, 0.15) is 91.9 Å². The first-order valence-corrected chi connectivity index (χ1v) is 11.0. The summed E-state index contributed by atoms with van der Waals surface area (Å²) >= 11 is 0. The molecule has 4 rings (SSSR count). The van der Waals surface area contributed by atoms with E-state index >= 15 is 0 Å². The van der Waals surface area contributed by atoms with Gasteiger partial charge in [0.15, 0.2) is 0 Å². The molecule has 136 valence electrons. The van der Waals surface area contributed by atoms with E-state index in [0.717, 1.165) is 36.1 Å². The van der Waals surface area contributed by atoms with Crippen LogP contribution in [0, 0.1) is 40.4 Å². The molecule has 0 aromatic heterocycles. The topological polar surface area (TPSA) is 12.4 Å². The molecule has 0 amide bonds. The number of fused-ring (bicyclic) bond motifs is 5. The first kappa shape index (κ1) is 17.1. The molecular weight excluding hydrogens is 290 g/mol. The Morgan fingerprint density at radius 1 is 0.875 bits per heavy atom. The molecule has 0 aromatic rings. The van der Waals surface area contributed by atoms with Gasteiger partial charge in [0.1, 0.15) is 0 Å². The van der Waals surface area contributed by atoms with E-state index in [4.69, 9.17) is 4.99 Å². The molecular formula is C23H39N. The largest absolute Gasteiger partial charge is 0.294 e. The fourth-order valence-corrected chi connectivity index (χ4v) is 8.34. The van der Waals surface area contributed by atoms with Crippen LogP contribution in [-0.2, 0) is 0 Å². The lowest BCUT2D eigenvalue weighted by atomic mass is 9.45. The second-order valence-corrected chi connectivity index (χ2v) is 10.2. The molecule has 4 saturated carbocycles. The van der Waals surface area contributed by atoms with Crippen LogP contribution in [0.25, 0.3) is 0 Å². The highest BCUT2D eigenvalue weighted by Gasteiger charge is 2.59. The number of aliphatic imine (C=N–C) groups is 1. The maximum absolute atomic E-state index is 4.84. The average Bonchev–Trinajstić information content (AvgIpc) is 2.92. The summed E-state index contributed by atoms with van der Waals surface area (Å²) in [7, 11) is 0. The number of hydrogen-bond donors (Lipinski definition) is 0. The van der Waals surface area contributed by atoms with Crippen LogP contribution in [0.3, 0.4) is 0 Å². The fourth-order valence-electron chi connectivity index (χ4n) is 8.34. The Kier molecular flexibility index (Phi) is 4.37. The van der Waals surface area contributed by atoms with Gasteiger partial charge >= 0.3 is 0 Å². The van der Waals surface area contributed by atoms with Crippen molar-refractivity contribution >= 4 is 5.71 Å². The van der Waals surface area contributed by atoms with Gasteiger partial charge < -0.3 is 0 Å². The molecule has 0 radical (unpaired) electrons. The smallest absolute Gasteiger partial charge is 0.0360 e. The van der Waals surface area contributed by atoms with Crippen LogP contribution in [0.5, 0.6) is 0 Å². The quantitative estimate of drug-likeness (QED) is 0.512. The molecule has 1 nitrogen and oxygen atoms in total. The summed E-state index contributed by atoms with van der Waals surface area (Å²) in [6.07, 6.45) is 15.0. The van der Waals surface area contributed by atoms with E-state index in [9.17, 15) is 0 Å².